The molecule has 7 nitrogen and oxygen atoms in total. The van der Waals surface area contributed by atoms with Gasteiger partial charge in [-0.2, -0.15) is 0 Å². The average Bonchev–Trinajstić information content (AvgIpc) is 2.79. The first-order valence-electron chi connectivity index (χ1n) is 10.2. The summed E-state index contributed by atoms with van der Waals surface area (Å²) in [6.07, 6.45) is 0.888. The summed E-state index contributed by atoms with van der Waals surface area (Å²) in [5, 5.41) is 10.5. The molecule has 4 rings (SSSR count). The molecular formula is C23H25ClN4O3. The van der Waals surface area contributed by atoms with Crippen molar-refractivity contribution in [1.29, 1.82) is 0 Å². The van der Waals surface area contributed by atoms with Crippen molar-refractivity contribution in [3.63, 3.8) is 0 Å². The molecule has 8 heteroatoms. The highest BCUT2D eigenvalue weighted by Gasteiger charge is 2.16. The Kier molecular flexibility index (Phi) is 6.67. The number of morpholine rings is 1. The van der Waals surface area contributed by atoms with Crippen LogP contribution in [0.1, 0.15) is 17.4 Å². The third kappa shape index (κ3) is 5.14. The molecular weight excluding hydrogens is 416 g/mol. The van der Waals surface area contributed by atoms with Crippen molar-refractivity contribution in [3.05, 3.63) is 64.9 Å². The van der Waals surface area contributed by atoms with Gasteiger partial charge >= 0.3 is 0 Å². The molecule has 0 bridgehead atoms. The van der Waals surface area contributed by atoms with Crippen molar-refractivity contribution in [2.24, 2.45) is 5.73 Å². The van der Waals surface area contributed by atoms with Crippen molar-refractivity contribution in [2.45, 2.75) is 13.0 Å². The molecule has 0 aliphatic carbocycles. The van der Waals surface area contributed by atoms with Crippen LogP contribution in [0.3, 0.4) is 0 Å². The standard InChI is InChI=1S/C23H25ClN4O3/c1-15-10-18(12-23(27-15)28-6-8-30-9-7-28)31-22-11-17(24)3-4-19(22)20-5-2-16(14-26-20)21(29)13-25/h2-5,10-12,14,21,29H,6-9,13,25H2,1H3/t21-/m0/s1. The number of benzene rings is 1. The lowest BCUT2D eigenvalue weighted by Crippen LogP contribution is -2.36. The molecule has 2 aromatic heterocycles. The second-order valence-corrected chi connectivity index (χ2v) is 7.81. The first-order chi connectivity index (χ1) is 15.0. The van der Waals surface area contributed by atoms with Crippen LogP contribution in [0, 0.1) is 6.92 Å². The monoisotopic (exact) mass is 440 g/mol. The molecule has 31 heavy (non-hydrogen) atoms. The maximum Gasteiger partial charge on any atom is 0.138 e. The Morgan fingerprint density at radius 1 is 1.19 bits per heavy atom. The van der Waals surface area contributed by atoms with Gasteiger partial charge in [0.2, 0.25) is 0 Å². The molecule has 1 fully saturated rings. The van der Waals surface area contributed by atoms with Crippen molar-refractivity contribution >= 4 is 17.4 Å². The van der Waals surface area contributed by atoms with Gasteiger partial charge in [0, 0.05) is 65.9 Å². The summed E-state index contributed by atoms with van der Waals surface area (Å²) in [6.45, 7) is 5.05. The number of pyridine rings is 2. The van der Waals surface area contributed by atoms with Crippen LogP contribution in [0.4, 0.5) is 5.82 Å². The van der Waals surface area contributed by atoms with E-state index in [0.717, 1.165) is 30.2 Å². The van der Waals surface area contributed by atoms with E-state index in [0.29, 0.717) is 41.0 Å². The number of hydrogen-bond acceptors (Lipinski definition) is 7. The predicted molar refractivity (Wildman–Crippen MR) is 121 cm³/mol. The number of aryl methyl sites for hydroxylation is 1. The van der Waals surface area contributed by atoms with Crippen LogP contribution in [0.15, 0.2) is 48.7 Å². The van der Waals surface area contributed by atoms with Gasteiger partial charge in [0.15, 0.2) is 0 Å². The minimum Gasteiger partial charge on any atom is -0.456 e. The average molecular weight is 441 g/mol. The number of anilines is 1. The van der Waals surface area contributed by atoms with Gasteiger partial charge in [-0.25, -0.2) is 4.98 Å². The summed E-state index contributed by atoms with van der Waals surface area (Å²) in [6, 6.07) is 12.9. The minimum atomic E-state index is -0.735. The van der Waals surface area contributed by atoms with E-state index in [4.69, 9.17) is 26.8 Å². The number of aliphatic hydroxyl groups is 1. The Labute approximate surface area is 186 Å². The Balaban J connectivity index is 1.65. The molecule has 1 atom stereocenters. The first kappa shape index (κ1) is 21.5. The molecule has 0 saturated carbocycles. The summed E-state index contributed by atoms with van der Waals surface area (Å²) in [4.78, 5) is 11.3. The predicted octanol–water partition coefficient (Wildman–Crippen LogP) is 3.73. The van der Waals surface area contributed by atoms with Crippen LogP contribution >= 0.6 is 11.6 Å². The van der Waals surface area contributed by atoms with Gasteiger partial charge in [-0.3, -0.25) is 4.98 Å². The molecule has 0 amide bonds. The lowest BCUT2D eigenvalue weighted by molar-refractivity contribution is 0.122. The smallest absolute Gasteiger partial charge is 0.138 e. The van der Waals surface area contributed by atoms with Crippen LogP contribution < -0.4 is 15.4 Å². The van der Waals surface area contributed by atoms with Gasteiger partial charge in [-0.15, -0.1) is 0 Å². The fourth-order valence-corrected chi connectivity index (χ4v) is 3.61. The molecule has 1 aromatic carbocycles. The highest BCUT2D eigenvalue weighted by Crippen LogP contribution is 2.36. The number of nitrogens with zero attached hydrogens (tertiary/aromatic N) is 3. The number of nitrogens with two attached hydrogens (primary N) is 1. The lowest BCUT2D eigenvalue weighted by Gasteiger charge is -2.28. The summed E-state index contributed by atoms with van der Waals surface area (Å²) < 4.78 is 11.7. The van der Waals surface area contributed by atoms with E-state index in [9.17, 15) is 5.11 Å². The van der Waals surface area contributed by atoms with Gasteiger partial charge in [-0.05, 0) is 25.1 Å². The van der Waals surface area contributed by atoms with E-state index in [-0.39, 0.29) is 6.54 Å². The third-order valence-electron chi connectivity index (χ3n) is 5.09. The molecule has 0 spiro atoms. The SMILES string of the molecule is Cc1cc(Oc2cc(Cl)ccc2-c2ccc([C@@H](O)CN)cn2)cc(N2CCOCC2)n1. The highest BCUT2D eigenvalue weighted by molar-refractivity contribution is 6.30. The highest BCUT2D eigenvalue weighted by atomic mass is 35.5. The Bertz CT molecular complexity index is 1040. The number of ether oxygens (including phenoxy) is 2. The van der Waals surface area contributed by atoms with E-state index in [1.165, 1.54) is 0 Å². The van der Waals surface area contributed by atoms with E-state index >= 15 is 0 Å². The molecule has 162 valence electrons. The second-order valence-electron chi connectivity index (χ2n) is 7.37. The molecule has 1 aliphatic rings. The van der Waals surface area contributed by atoms with Crippen molar-refractivity contribution in [3.8, 4) is 22.8 Å². The van der Waals surface area contributed by atoms with Gasteiger partial charge in [0.1, 0.15) is 17.3 Å². The molecule has 3 aromatic rings. The Morgan fingerprint density at radius 3 is 2.71 bits per heavy atom. The number of hydrogen-bond donors (Lipinski definition) is 2. The Hall–Kier alpha value is -2.71. The van der Waals surface area contributed by atoms with E-state index < -0.39 is 6.10 Å². The van der Waals surface area contributed by atoms with Crippen LogP contribution in [-0.2, 0) is 4.74 Å². The lowest BCUT2D eigenvalue weighted by atomic mass is 10.1. The molecule has 0 unspecified atom stereocenters. The van der Waals surface area contributed by atoms with Crippen LogP contribution in [0.5, 0.6) is 11.5 Å². The van der Waals surface area contributed by atoms with E-state index in [1.54, 1.807) is 18.3 Å². The van der Waals surface area contributed by atoms with Crippen LogP contribution in [-0.4, -0.2) is 47.9 Å². The van der Waals surface area contributed by atoms with E-state index in [1.807, 2.05) is 37.3 Å². The first-order valence-corrected chi connectivity index (χ1v) is 10.5. The minimum absolute atomic E-state index is 0.142. The van der Waals surface area contributed by atoms with Crippen molar-refractivity contribution in [1.82, 2.24) is 9.97 Å². The fraction of sp³-hybridized carbons (Fsp3) is 0.304. The molecule has 0 radical (unpaired) electrons. The van der Waals surface area contributed by atoms with Crippen LogP contribution in [0.2, 0.25) is 5.02 Å². The number of aromatic nitrogens is 2. The molecule has 3 N–H and O–H groups in total. The third-order valence-corrected chi connectivity index (χ3v) is 5.33. The van der Waals surface area contributed by atoms with Gasteiger partial charge in [0.25, 0.3) is 0 Å². The zero-order chi connectivity index (χ0) is 21.8. The zero-order valence-corrected chi connectivity index (χ0v) is 18.0. The second kappa shape index (κ2) is 9.62. The van der Waals surface area contributed by atoms with Crippen LogP contribution in [0.25, 0.3) is 11.3 Å². The van der Waals surface area contributed by atoms with Gasteiger partial charge in [0.05, 0.1) is 25.0 Å². The number of aliphatic hydroxyl groups excluding tert-OH is 1. The van der Waals surface area contributed by atoms with Crippen molar-refractivity contribution in [2.75, 3.05) is 37.7 Å². The maximum absolute atomic E-state index is 9.91. The summed E-state index contributed by atoms with van der Waals surface area (Å²) in [7, 11) is 0. The maximum atomic E-state index is 9.91. The molecule has 1 aliphatic heterocycles. The zero-order valence-electron chi connectivity index (χ0n) is 17.3. The topological polar surface area (TPSA) is 93.7 Å². The van der Waals surface area contributed by atoms with Crippen molar-refractivity contribution < 1.29 is 14.6 Å². The van der Waals surface area contributed by atoms with Gasteiger partial charge in [-0.1, -0.05) is 17.7 Å². The normalized spacial score (nSPS) is 15.0. The van der Waals surface area contributed by atoms with E-state index in [2.05, 4.69) is 14.9 Å². The summed E-state index contributed by atoms with van der Waals surface area (Å²) >= 11 is 6.26. The summed E-state index contributed by atoms with van der Waals surface area (Å²) in [5.41, 5.74) is 8.56. The number of rotatable bonds is 6. The van der Waals surface area contributed by atoms with Gasteiger partial charge < -0.3 is 25.2 Å². The fourth-order valence-electron chi connectivity index (χ4n) is 3.45. The molecule has 3 heterocycles. The number of halogens is 1. The summed E-state index contributed by atoms with van der Waals surface area (Å²) in [5.74, 6) is 2.12. The Morgan fingerprint density at radius 2 is 2.00 bits per heavy atom. The quantitative estimate of drug-likeness (QED) is 0.603. The largest absolute Gasteiger partial charge is 0.456 e. The molecule has 1 saturated heterocycles.